The van der Waals surface area contributed by atoms with E-state index in [2.05, 4.69) is 15.5 Å². The molecule has 4 rings (SSSR count). The van der Waals surface area contributed by atoms with E-state index in [-0.39, 0.29) is 5.69 Å². The Balaban J connectivity index is 1.97. The SMILES string of the molecule is COc1cc2c(Nc3cc(C)cc(C)c3)c([N+](=O)[O-])cnc2cc1-c1c(C)noc1C. The Kier molecular flexibility index (Phi) is 5.06. The van der Waals surface area contributed by atoms with E-state index in [0.29, 0.717) is 28.1 Å². The molecule has 2 aromatic carbocycles. The average molecular weight is 418 g/mol. The quantitative estimate of drug-likeness (QED) is 0.323. The van der Waals surface area contributed by atoms with Gasteiger partial charge in [0.2, 0.25) is 0 Å². The number of rotatable bonds is 5. The van der Waals surface area contributed by atoms with Crippen LogP contribution in [0.4, 0.5) is 17.1 Å². The number of aryl methyl sites for hydroxylation is 4. The average Bonchev–Trinajstić information content (AvgIpc) is 3.04. The molecule has 0 amide bonds. The number of methoxy groups -OCH3 is 1. The van der Waals surface area contributed by atoms with Gasteiger partial charge in [0.1, 0.15) is 23.4 Å². The van der Waals surface area contributed by atoms with Crippen LogP contribution in [-0.2, 0) is 0 Å². The molecule has 0 aliphatic rings. The number of pyridine rings is 1. The first-order chi connectivity index (χ1) is 14.8. The fourth-order valence-electron chi connectivity index (χ4n) is 3.90. The first-order valence-corrected chi connectivity index (χ1v) is 9.72. The number of aromatic nitrogens is 2. The third kappa shape index (κ3) is 3.68. The molecule has 1 N–H and O–H groups in total. The summed E-state index contributed by atoms with van der Waals surface area (Å²) < 4.78 is 10.9. The van der Waals surface area contributed by atoms with Crippen molar-refractivity contribution in [3.63, 3.8) is 0 Å². The van der Waals surface area contributed by atoms with Crippen molar-refractivity contribution in [2.75, 3.05) is 12.4 Å². The zero-order valence-corrected chi connectivity index (χ0v) is 17.9. The first-order valence-electron chi connectivity index (χ1n) is 9.72. The van der Waals surface area contributed by atoms with Gasteiger partial charge < -0.3 is 14.6 Å². The first kappa shape index (κ1) is 20.3. The highest BCUT2D eigenvalue weighted by atomic mass is 16.6. The number of benzene rings is 2. The Morgan fingerprint density at radius 2 is 1.77 bits per heavy atom. The fourth-order valence-corrected chi connectivity index (χ4v) is 3.90. The topological polar surface area (TPSA) is 103 Å². The normalized spacial score (nSPS) is 11.0. The maximum Gasteiger partial charge on any atom is 0.311 e. The number of fused-ring (bicyclic) bond motifs is 1. The van der Waals surface area contributed by atoms with Crippen LogP contribution in [0.2, 0.25) is 0 Å². The second-order valence-corrected chi connectivity index (χ2v) is 7.55. The lowest BCUT2D eigenvalue weighted by Gasteiger charge is -2.14. The van der Waals surface area contributed by atoms with Gasteiger partial charge in [-0.15, -0.1) is 0 Å². The van der Waals surface area contributed by atoms with Gasteiger partial charge in [-0.1, -0.05) is 11.2 Å². The van der Waals surface area contributed by atoms with E-state index in [1.807, 2.05) is 52.0 Å². The summed E-state index contributed by atoms with van der Waals surface area (Å²) in [5, 5.41) is 19.6. The number of hydrogen-bond donors (Lipinski definition) is 1. The standard InChI is InChI=1S/C23H22N4O4/c1-12-6-13(2)8-16(7-12)25-23-17-10-21(30-5)18(22-14(3)26-31-15(22)4)9-19(17)24-11-20(23)27(28)29/h6-11H,1-5H3,(H,24,25). The van der Waals surface area contributed by atoms with Crippen molar-refractivity contribution in [2.45, 2.75) is 27.7 Å². The van der Waals surface area contributed by atoms with E-state index in [1.54, 1.807) is 13.2 Å². The lowest BCUT2D eigenvalue weighted by atomic mass is 10.00. The predicted molar refractivity (Wildman–Crippen MR) is 119 cm³/mol. The van der Waals surface area contributed by atoms with Crippen LogP contribution in [0.3, 0.4) is 0 Å². The van der Waals surface area contributed by atoms with E-state index < -0.39 is 4.92 Å². The molecule has 0 aliphatic carbocycles. The van der Waals surface area contributed by atoms with Gasteiger partial charge in [-0.25, -0.2) is 4.98 Å². The molecule has 31 heavy (non-hydrogen) atoms. The van der Waals surface area contributed by atoms with Crippen molar-refractivity contribution in [3.05, 3.63) is 69.2 Å². The van der Waals surface area contributed by atoms with E-state index in [4.69, 9.17) is 9.26 Å². The highest BCUT2D eigenvalue weighted by Crippen LogP contribution is 2.42. The summed E-state index contributed by atoms with van der Waals surface area (Å²) in [6.07, 6.45) is 1.27. The monoisotopic (exact) mass is 418 g/mol. The minimum absolute atomic E-state index is 0.112. The van der Waals surface area contributed by atoms with Crippen molar-refractivity contribution in [3.8, 4) is 16.9 Å². The third-order valence-electron chi connectivity index (χ3n) is 5.16. The lowest BCUT2D eigenvalue weighted by molar-refractivity contribution is -0.384. The number of anilines is 2. The number of nitrogens with one attached hydrogen (secondary N) is 1. The van der Waals surface area contributed by atoms with Crippen LogP contribution in [-0.4, -0.2) is 22.2 Å². The smallest absolute Gasteiger partial charge is 0.311 e. The Bertz CT molecular complexity index is 1290. The molecule has 4 aromatic rings. The molecule has 0 spiro atoms. The lowest BCUT2D eigenvalue weighted by Crippen LogP contribution is -2.01. The molecule has 0 atom stereocenters. The summed E-state index contributed by atoms with van der Waals surface area (Å²) in [6, 6.07) is 9.54. The van der Waals surface area contributed by atoms with Crippen LogP contribution >= 0.6 is 0 Å². The summed E-state index contributed by atoms with van der Waals surface area (Å²) in [4.78, 5) is 15.7. The second-order valence-electron chi connectivity index (χ2n) is 7.55. The summed E-state index contributed by atoms with van der Waals surface area (Å²) in [5.41, 5.74) is 6.04. The molecule has 2 aromatic heterocycles. The zero-order valence-electron chi connectivity index (χ0n) is 17.9. The highest BCUT2D eigenvalue weighted by Gasteiger charge is 2.23. The number of ether oxygens (including phenoxy) is 1. The van der Waals surface area contributed by atoms with Gasteiger partial charge in [0.05, 0.1) is 28.8 Å². The highest BCUT2D eigenvalue weighted by molar-refractivity contribution is 6.01. The summed E-state index contributed by atoms with van der Waals surface area (Å²) in [6.45, 7) is 7.65. The van der Waals surface area contributed by atoms with Gasteiger partial charge >= 0.3 is 5.69 Å². The number of nitro groups is 1. The van der Waals surface area contributed by atoms with Gasteiger partial charge in [0.15, 0.2) is 0 Å². The van der Waals surface area contributed by atoms with Gasteiger partial charge in [-0.05, 0) is 63.1 Å². The molecular weight excluding hydrogens is 396 g/mol. The maximum atomic E-state index is 11.8. The Labute approximate surface area is 179 Å². The van der Waals surface area contributed by atoms with Crippen LogP contribution < -0.4 is 10.1 Å². The molecule has 158 valence electrons. The second kappa shape index (κ2) is 7.71. The third-order valence-corrected chi connectivity index (χ3v) is 5.16. The van der Waals surface area contributed by atoms with Crippen molar-refractivity contribution in [2.24, 2.45) is 0 Å². The molecule has 0 aliphatic heterocycles. The van der Waals surface area contributed by atoms with Gasteiger partial charge in [-0.3, -0.25) is 10.1 Å². The zero-order chi connectivity index (χ0) is 22.3. The Morgan fingerprint density at radius 3 is 2.35 bits per heavy atom. The molecule has 0 saturated heterocycles. The molecule has 0 fully saturated rings. The van der Waals surface area contributed by atoms with Crippen molar-refractivity contribution in [1.29, 1.82) is 0 Å². The van der Waals surface area contributed by atoms with Crippen molar-refractivity contribution >= 4 is 28.0 Å². The van der Waals surface area contributed by atoms with E-state index in [1.165, 1.54) is 6.20 Å². The van der Waals surface area contributed by atoms with Crippen molar-refractivity contribution < 1.29 is 14.2 Å². The van der Waals surface area contributed by atoms with Crippen LogP contribution in [0.15, 0.2) is 41.1 Å². The van der Waals surface area contributed by atoms with Crippen LogP contribution in [0.1, 0.15) is 22.6 Å². The molecule has 8 nitrogen and oxygen atoms in total. The number of hydrogen-bond acceptors (Lipinski definition) is 7. The Morgan fingerprint density at radius 1 is 1.06 bits per heavy atom. The van der Waals surface area contributed by atoms with E-state index in [0.717, 1.165) is 33.6 Å². The van der Waals surface area contributed by atoms with Gasteiger partial charge in [0, 0.05) is 16.6 Å². The molecule has 0 unspecified atom stereocenters. The summed E-state index contributed by atoms with van der Waals surface area (Å²) >= 11 is 0. The molecule has 8 heteroatoms. The summed E-state index contributed by atoms with van der Waals surface area (Å²) in [7, 11) is 1.56. The van der Waals surface area contributed by atoms with Crippen LogP contribution in [0.25, 0.3) is 22.0 Å². The van der Waals surface area contributed by atoms with Crippen molar-refractivity contribution in [1.82, 2.24) is 10.1 Å². The largest absolute Gasteiger partial charge is 0.496 e. The minimum Gasteiger partial charge on any atom is -0.496 e. The van der Waals surface area contributed by atoms with Crippen LogP contribution in [0.5, 0.6) is 5.75 Å². The Hall–Kier alpha value is -3.94. The van der Waals surface area contributed by atoms with Gasteiger partial charge in [-0.2, -0.15) is 0 Å². The van der Waals surface area contributed by atoms with E-state index in [9.17, 15) is 10.1 Å². The fraction of sp³-hybridized carbons (Fsp3) is 0.217. The molecular formula is C23H22N4O4. The molecule has 2 heterocycles. The van der Waals surface area contributed by atoms with Crippen LogP contribution in [0, 0.1) is 37.8 Å². The molecule has 0 bridgehead atoms. The van der Waals surface area contributed by atoms with Gasteiger partial charge in [0.25, 0.3) is 0 Å². The maximum absolute atomic E-state index is 11.8. The predicted octanol–water partition coefficient (Wildman–Crippen LogP) is 5.78. The van der Waals surface area contributed by atoms with E-state index >= 15 is 0 Å². The molecule has 0 radical (unpaired) electrons. The minimum atomic E-state index is -0.438. The summed E-state index contributed by atoms with van der Waals surface area (Å²) in [5.74, 6) is 1.21. The molecule has 0 saturated carbocycles. The number of nitrogens with zero attached hydrogens (tertiary/aromatic N) is 3.